The summed E-state index contributed by atoms with van der Waals surface area (Å²) in [5.74, 6) is -0.708. The predicted octanol–water partition coefficient (Wildman–Crippen LogP) is -0.190. The summed E-state index contributed by atoms with van der Waals surface area (Å²) in [6.07, 6.45) is 0. The zero-order valence-corrected chi connectivity index (χ0v) is 10.8. The van der Waals surface area contributed by atoms with Crippen LogP contribution in [0.4, 0.5) is 0 Å². The number of amides is 2. The fraction of sp³-hybridized carbons (Fsp3) is 0.385. The van der Waals surface area contributed by atoms with E-state index in [-0.39, 0.29) is 19.7 Å². The van der Waals surface area contributed by atoms with Gasteiger partial charge >= 0.3 is 11.8 Å². The van der Waals surface area contributed by atoms with E-state index in [9.17, 15) is 9.59 Å². The molecule has 1 aromatic rings. The molecule has 6 heteroatoms. The number of aliphatic hydroxyl groups is 1. The monoisotopic (exact) mass is 266 g/mol. The lowest BCUT2D eigenvalue weighted by Gasteiger charge is -2.07. The van der Waals surface area contributed by atoms with Gasteiger partial charge in [0.05, 0.1) is 13.2 Å². The second-order valence-corrected chi connectivity index (χ2v) is 3.74. The lowest BCUT2D eigenvalue weighted by molar-refractivity contribution is -0.139. The van der Waals surface area contributed by atoms with Crippen LogP contribution < -0.4 is 15.4 Å². The van der Waals surface area contributed by atoms with Crippen LogP contribution in [0.2, 0.25) is 0 Å². The summed E-state index contributed by atoms with van der Waals surface area (Å²) in [5, 5.41) is 13.3. The maximum absolute atomic E-state index is 11.4. The van der Waals surface area contributed by atoms with Gasteiger partial charge in [-0.15, -0.1) is 0 Å². The topological polar surface area (TPSA) is 87.7 Å². The molecule has 1 aromatic carbocycles. The molecule has 0 aromatic heterocycles. The number of rotatable bonds is 6. The summed E-state index contributed by atoms with van der Waals surface area (Å²) in [4.78, 5) is 22.6. The van der Waals surface area contributed by atoms with Crippen molar-refractivity contribution in [2.45, 2.75) is 13.5 Å². The molecule has 0 spiro atoms. The maximum Gasteiger partial charge on any atom is 0.309 e. The third kappa shape index (κ3) is 5.39. The fourth-order valence-electron chi connectivity index (χ4n) is 1.38. The molecule has 0 saturated heterocycles. The second-order valence-electron chi connectivity index (χ2n) is 3.74. The van der Waals surface area contributed by atoms with Gasteiger partial charge in [-0.1, -0.05) is 12.1 Å². The van der Waals surface area contributed by atoms with Crippen molar-refractivity contribution < 1.29 is 19.4 Å². The van der Waals surface area contributed by atoms with Crippen LogP contribution in [0.1, 0.15) is 12.5 Å². The van der Waals surface area contributed by atoms with Crippen LogP contribution in [0.5, 0.6) is 5.75 Å². The minimum absolute atomic E-state index is 0.0648. The Balaban J connectivity index is 2.39. The molecule has 19 heavy (non-hydrogen) atoms. The smallest absolute Gasteiger partial charge is 0.309 e. The van der Waals surface area contributed by atoms with Gasteiger partial charge in [0.25, 0.3) is 0 Å². The summed E-state index contributed by atoms with van der Waals surface area (Å²) in [6, 6.07) is 7.24. The maximum atomic E-state index is 11.4. The lowest BCUT2D eigenvalue weighted by Crippen LogP contribution is -2.40. The lowest BCUT2D eigenvalue weighted by atomic mass is 10.2. The SMILES string of the molecule is CCOc1ccc(CNC(=O)C(=O)NCCO)cc1. The number of carbonyl (C=O) groups excluding carboxylic acids is 2. The molecule has 0 aliphatic rings. The van der Waals surface area contributed by atoms with E-state index >= 15 is 0 Å². The molecule has 0 unspecified atom stereocenters. The van der Waals surface area contributed by atoms with Gasteiger partial charge in [-0.05, 0) is 24.6 Å². The normalized spacial score (nSPS) is 9.79. The largest absolute Gasteiger partial charge is 0.494 e. The highest BCUT2D eigenvalue weighted by Gasteiger charge is 2.11. The van der Waals surface area contributed by atoms with E-state index in [1.165, 1.54) is 0 Å². The Morgan fingerprint density at radius 2 is 1.79 bits per heavy atom. The van der Waals surface area contributed by atoms with Gasteiger partial charge in [0.1, 0.15) is 5.75 Å². The Hall–Kier alpha value is -2.08. The van der Waals surface area contributed by atoms with E-state index in [4.69, 9.17) is 9.84 Å². The van der Waals surface area contributed by atoms with Crippen LogP contribution in [0, 0.1) is 0 Å². The predicted molar refractivity (Wildman–Crippen MR) is 69.6 cm³/mol. The molecule has 6 nitrogen and oxygen atoms in total. The molecule has 0 aliphatic carbocycles. The molecule has 0 atom stereocenters. The Bertz CT molecular complexity index is 417. The quantitative estimate of drug-likeness (QED) is 0.623. The van der Waals surface area contributed by atoms with Crippen LogP contribution in [-0.2, 0) is 16.1 Å². The number of ether oxygens (including phenoxy) is 1. The number of hydrogen-bond acceptors (Lipinski definition) is 4. The Morgan fingerprint density at radius 1 is 1.16 bits per heavy atom. The first-order chi connectivity index (χ1) is 9.17. The van der Waals surface area contributed by atoms with E-state index < -0.39 is 11.8 Å². The van der Waals surface area contributed by atoms with E-state index in [0.717, 1.165) is 11.3 Å². The third-order valence-electron chi connectivity index (χ3n) is 2.29. The Morgan fingerprint density at radius 3 is 2.37 bits per heavy atom. The third-order valence-corrected chi connectivity index (χ3v) is 2.29. The van der Waals surface area contributed by atoms with Gasteiger partial charge in [0.15, 0.2) is 0 Å². The molecule has 2 amide bonds. The highest BCUT2D eigenvalue weighted by molar-refractivity contribution is 6.35. The molecule has 0 aliphatic heterocycles. The molecule has 0 saturated carbocycles. The van der Waals surface area contributed by atoms with Crippen LogP contribution >= 0.6 is 0 Å². The highest BCUT2D eigenvalue weighted by Crippen LogP contribution is 2.11. The van der Waals surface area contributed by atoms with Gasteiger partial charge in [0.2, 0.25) is 0 Å². The van der Waals surface area contributed by atoms with Crippen molar-refractivity contribution in [3.63, 3.8) is 0 Å². The minimum Gasteiger partial charge on any atom is -0.494 e. The van der Waals surface area contributed by atoms with Crippen molar-refractivity contribution in [1.29, 1.82) is 0 Å². The molecule has 104 valence electrons. The van der Waals surface area contributed by atoms with Crippen molar-refractivity contribution in [3.05, 3.63) is 29.8 Å². The van der Waals surface area contributed by atoms with Crippen molar-refractivity contribution in [2.24, 2.45) is 0 Å². The average Bonchev–Trinajstić information content (AvgIpc) is 2.44. The minimum atomic E-state index is -0.750. The van der Waals surface area contributed by atoms with Gasteiger partial charge in [-0.3, -0.25) is 9.59 Å². The summed E-state index contributed by atoms with van der Waals surface area (Å²) < 4.78 is 5.29. The van der Waals surface area contributed by atoms with Crippen molar-refractivity contribution in [1.82, 2.24) is 10.6 Å². The molecular weight excluding hydrogens is 248 g/mol. The molecule has 1 rings (SSSR count). The molecule has 3 N–H and O–H groups in total. The Labute approximate surface area is 111 Å². The molecule has 0 heterocycles. The number of benzene rings is 1. The summed E-state index contributed by atoms with van der Waals surface area (Å²) in [7, 11) is 0. The number of nitrogens with one attached hydrogen (secondary N) is 2. The zero-order chi connectivity index (χ0) is 14.1. The van der Waals surface area contributed by atoms with Crippen LogP contribution in [0.3, 0.4) is 0 Å². The van der Waals surface area contributed by atoms with Crippen LogP contribution in [-0.4, -0.2) is 36.7 Å². The van der Waals surface area contributed by atoms with E-state index in [2.05, 4.69) is 10.6 Å². The van der Waals surface area contributed by atoms with E-state index in [1.54, 1.807) is 12.1 Å². The second kappa shape index (κ2) is 8.10. The fourth-order valence-corrected chi connectivity index (χ4v) is 1.38. The Kier molecular flexibility index (Phi) is 6.38. The summed E-state index contributed by atoms with van der Waals surface area (Å²) >= 11 is 0. The first-order valence-corrected chi connectivity index (χ1v) is 6.06. The summed E-state index contributed by atoms with van der Waals surface area (Å²) in [5.41, 5.74) is 0.867. The number of hydrogen-bond donors (Lipinski definition) is 3. The van der Waals surface area contributed by atoms with Crippen LogP contribution in [0.15, 0.2) is 24.3 Å². The zero-order valence-electron chi connectivity index (χ0n) is 10.8. The molecule has 0 fully saturated rings. The van der Waals surface area contributed by atoms with Crippen molar-refractivity contribution in [3.8, 4) is 5.75 Å². The molecule has 0 bridgehead atoms. The molecule has 0 radical (unpaired) electrons. The standard InChI is InChI=1S/C13H18N2O4/c1-2-19-11-5-3-10(4-6-11)9-15-13(18)12(17)14-7-8-16/h3-6,16H,2,7-9H2,1H3,(H,14,17)(H,15,18). The van der Waals surface area contributed by atoms with Crippen molar-refractivity contribution in [2.75, 3.05) is 19.8 Å². The van der Waals surface area contributed by atoms with E-state index in [1.807, 2.05) is 19.1 Å². The van der Waals surface area contributed by atoms with Gasteiger partial charge in [-0.25, -0.2) is 0 Å². The van der Waals surface area contributed by atoms with Gasteiger partial charge < -0.3 is 20.5 Å². The van der Waals surface area contributed by atoms with Crippen LogP contribution in [0.25, 0.3) is 0 Å². The van der Waals surface area contributed by atoms with Crippen molar-refractivity contribution >= 4 is 11.8 Å². The first kappa shape index (κ1) is 15.0. The number of carbonyl (C=O) groups is 2. The van der Waals surface area contributed by atoms with Gasteiger partial charge in [-0.2, -0.15) is 0 Å². The highest BCUT2D eigenvalue weighted by atomic mass is 16.5. The van der Waals surface area contributed by atoms with E-state index in [0.29, 0.717) is 6.61 Å². The van der Waals surface area contributed by atoms with Gasteiger partial charge in [0, 0.05) is 13.1 Å². The number of aliphatic hydroxyl groups excluding tert-OH is 1. The summed E-state index contributed by atoms with van der Waals surface area (Å²) in [6.45, 7) is 2.63. The first-order valence-electron chi connectivity index (χ1n) is 6.06. The molecular formula is C13H18N2O4. The average molecular weight is 266 g/mol.